The zero-order valence-corrected chi connectivity index (χ0v) is 12.0. The van der Waals surface area contributed by atoms with E-state index in [9.17, 15) is 0 Å². The Labute approximate surface area is 121 Å². The van der Waals surface area contributed by atoms with Gasteiger partial charge in [0, 0.05) is 0 Å². The zero-order valence-electron chi connectivity index (χ0n) is 12.0. The first-order valence-corrected chi connectivity index (χ1v) is 6.98. The van der Waals surface area contributed by atoms with Gasteiger partial charge in [0.25, 0.3) is 0 Å². The van der Waals surface area contributed by atoms with E-state index in [4.69, 9.17) is 0 Å². The fraction of sp³-hybridized carbons (Fsp3) is 0.150. The molecule has 0 unspecified atom stereocenters. The molecule has 1 aliphatic carbocycles. The van der Waals surface area contributed by atoms with Gasteiger partial charge in [0.1, 0.15) is 0 Å². The molecule has 0 saturated carbocycles. The van der Waals surface area contributed by atoms with Gasteiger partial charge in [-0.1, -0.05) is 67.3 Å². The summed E-state index contributed by atoms with van der Waals surface area (Å²) in [5, 5.41) is 0. The smallest absolute Gasteiger partial charge is 0.00136 e. The van der Waals surface area contributed by atoms with Gasteiger partial charge in [-0.2, -0.15) is 0 Å². The molecule has 0 heteroatoms. The van der Waals surface area contributed by atoms with E-state index in [1.54, 1.807) is 0 Å². The van der Waals surface area contributed by atoms with Crippen molar-refractivity contribution in [1.29, 1.82) is 0 Å². The normalized spacial score (nSPS) is 14.4. The summed E-state index contributed by atoms with van der Waals surface area (Å²) in [5.74, 6) is 0. The minimum absolute atomic E-state index is 0.924. The third-order valence-corrected chi connectivity index (χ3v) is 3.31. The summed E-state index contributed by atoms with van der Waals surface area (Å²) in [6.07, 6.45) is 16.6. The van der Waals surface area contributed by atoms with Gasteiger partial charge in [-0.05, 0) is 48.1 Å². The summed E-state index contributed by atoms with van der Waals surface area (Å²) in [4.78, 5) is 0. The van der Waals surface area contributed by atoms with Gasteiger partial charge >= 0.3 is 0 Å². The van der Waals surface area contributed by atoms with Crippen LogP contribution in [0.15, 0.2) is 84.7 Å². The Morgan fingerprint density at radius 2 is 2.05 bits per heavy atom. The molecule has 1 aromatic rings. The second-order valence-corrected chi connectivity index (χ2v) is 4.71. The van der Waals surface area contributed by atoms with E-state index in [0.717, 1.165) is 12.8 Å². The van der Waals surface area contributed by atoms with Gasteiger partial charge in [-0.3, -0.25) is 0 Å². The van der Waals surface area contributed by atoms with Crippen LogP contribution in [0.25, 0.3) is 5.57 Å². The van der Waals surface area contributed by atoms with Crippen LogP contribution in [0, 0.1) is 0 Å². The topological polar surface area (TPSA) is 0 Å². The highest BCUT2D eigenvalue weighted by atomic mass is 14.2. The molecule has 0 fully saturated rings. The van der Waals surface area contributed by atoms with E-state index in [-0.39, 0.29) is 0 Å². The Hall–Kier alpha value is -2.30. The fourth-order valence-electron chi connectivity index (χ4n) is 2.44. The van der Waals surface area contributed by atoms with Gasteiger partial charge in [0.05, 0.1) is 0 Å². The minimum Gasteiger partial charge on any atom is -0.129 e. The Balaban J connectivity index is 2.19. The van der Waals surface area contributed by atoms with Crippen LogP contribution in [0.4, 0.5) is 0 Å². The molecule has 0 amide bonds. The number of allylic oxidation sites excluding steroid dienone is 9. The molecule has 0 heterocycles. The average molecular weight is 260 g/mol. The largest absolute Gasteiger partial charge is 0.129 e. The molecule has 0 N–H and O–H groups in total. The summed E-state index contributed by atoms with van der Waals surface area (Å²) in [6.45, 7) is 5.60. The summed E-state index contributed by atoms with van der Waals surface area (Å²) in [5.41, 5.74) is 8.28. The van der Waals surface area contributed by atoms with E-state index >= 15 is 0 Å². The van der Waals surface area contributed by atoms with Crippen molar-refractivity contribution in [3.63, 3.8) is 0 Å². The van der Waals surface area contributed by atoms with Gasteiger partial charge in [0.2, 0.25) is 0 Å². The Morgan fingerprint density at radius 3 is 2.85 bits per heavy atom. The molecule has 0 radical (unpaired) electrons. The van der Waals surface area contributed by atoms with E-state index in [1.165, 1.54) is 22.3 Å². The third kappa shape index (κ3) is 3.38. The van der Waals surface area contributed by atoms with Crippen LogP contribution in [-0.2, 0) is 6.42 Å². The van der Waals surface area contributed by atoms with Crippen LogP contribution >= 0.6 is 0 Å². The van der Waals surface area contributed by atoms with Crippen molar-refractivity contribution in [1.82, 2.24) is 0 Å². The van der Waals surface area contributed by atoms with E-state index in [2.05, 4.69) is 73.9 Å². The van der Waals surface area contributed by atoms with E-state index < -0.39 is 0 Å². The van der Waals surface area contributed by atoms with Crippen molar-refractivity contribution < 1.29 is 0 Å². The van der Waals surface area contributed by atoms with Crippen molar-refractivity contribution in [2.45, 2.75) is 19.8 Å². The van der Waals surface area contributed by atoms with Crippen molar-refractivity contribution in [2.75, 3.05) is 0 Å². The molecule has 0 bridgehead atoms. The van der Waals surface area contributed by atoms with Crippen LogP contribution < -0.4 is 0 Å². The minimum atomic E-state index is 0.924. The molecule has 1 aromatic carbocycles. The quantitative estimate of drug-likeness (QED) is 0.490. The van der Waals surface area contributed by atoms with Crippen molar-refractivity contribution in [2.24, 2.45) is 0 Å². The molecule has 2 rings (SSSR count). The number of benzene rings is 1. The second kappa shape index (κ2) is 7.33. The van der Waals surface area contributed by atoms with E-state index in [0.29, 0.717) is 0 Å². The molecule has 0 aromatic heterocycles. The molecule has 0 saturated heterocycles. The maximum atomic E-state index is 3.53. The number of hydrogen-bond donors (Lipinski definition) is 0. The van der Waals surface area contributed by atoms with Gasteiger partial charge < -0.3 is 0 Å². The maximum Gasteiger partial charge on any atom is -0.00136 e. The second-order valence-electron chi connectivity index (χ2n) is 4.71. The first-order valence-electron chi connectivity index (χ1n) is 6.98. The van der Waals surface area contributed by atoms with Crippen LogP contribution in [0.1, 0.15) is 24.5 Å². The first kappa shape index (κ1) is 14.1. The standard InChI is InChI=1S/C20H20/c1-3-5-6-7-8-9-14-19-17(12-4-2)16-18-13-10-11-15-20(18)19/h4-7,9-15H,1,8,16H2,2H3/b7-6-,12-4+,14-9+. The number of rotatable bonds is 5. The molecule has 0 nitrogen and oxygen atoms in total. The highest BCUT2D eigenvalue weighted by Gasteiger charge is 2.16. The zero-order chi connectivity index (χ0) is 14.2. The van der Waals surface area contributed by atoms with Gasteiger partial charge in [0.15, 0.2) is 0 Å². The fourth-order valence-corrected chi connectivity index (χ4v) is 2.44. The SMILES string of the molecule is C=C=C/C=C\C/C=C/C1=C(/C=C/C)Cc2ccccc21. The molecule has 1 aliphatic rings. The van der Waals surface area contributed by atoms with Gasteiger partial charge in [-0.15, -0.1) is 5.73 Å². The molecular formula is C20H20. The Morgan fingerprint density at radius 1 is 1.20 bits per heavy atom. The predicted molar refractivity (Wildman–Crippen MR) is 88.5 cm³/mol. The van der Waals surface area contributed by atoms with Crippen molar-refractivity contribution in [3.05, 3.63) is 95.8 Å². The Bertz CT molecular complexity index is 630. The summed E-state index contributed by atoms with van der Waals surface area (Å²) < 4.78 is 0. The first-order chi connectivity index (χ1) is 9.86. The molecule has 20 heavy (non-hydrogen) atoms. The highest BCUT2D eigenvalue weighted by Crippen LogP contribution is 2.34. The monoisotopic (exact) mass is 260 g/mol. The van der Waals surface area contributed by atoms with Crippen molar-refractivity contribution >= 4 is 5.57 Å². The van der Waals surface area contributed by atoms with Crippen LogP contribution in [0.3, 0.4) is 0 Å². The lowest BCUT2D eigenvalue weighted by molar-refractivity contribution is 1.24. The maximum absolute atomic E-state index is 3.53. The average Bonchev–Trinajstić information content (AvgIpc) is 2.81. The summed E-state index contributed by atoms with van der Waals surface area (Å²) in [7, 11) is 0. The number of hydrogen-bond acceptors (Lipinski definition) is 0. The molecule has 0 spiro atoms. The van der Waals surface area contributed by atoms with Crippen molar-refractivity contribution in [3.8, 4) is 0 Å². The summed E-state index contributed by atoms with van der Waals surface area (Å²) in [6, 6.07) is 8.65. The predicted octanol–water partition coefficient (Wildman–Crippen LogP) is 5.42. The number of fused-ring (bicyclic) bond motifs is 1. The third-order valence-electron chi connectivity index (χ3n) is 3.31. The van der Waals surface area contributed by atoms with Gasteiger partial charge in [-0.25, -0.2) is 0 Å². The summed E-state index contributed by atoms with van der Waals surface area (Å²) >= 11 is 0. The van der Waals surface area contributed by atoms with Crippen LogP contribution in [-0.4, -0.2) is 0 Å². The van der Waals surface area contributed by atoms with E-state index in [1.807, 2.05) is 12.2 Å². The van der Waals surface area contributed by atoms with Crippen LogP contribution in [0.5, 0.6) is 0 Å². The highest BCUT2D eigenvalue weighted by molar-refractivity contribution is 5.84. The molecule has 0 atom stereocenters. The molecule has 100 valence electrons. The lowest BCUT2D eigenvalue weighted by Gasteiger charge is -2.00. The molecular weight excluding hydrogens is 240 g/mol. The lowest BCUT2D eigenvalue weighted by Crippen LogP contribution is -1.81. The lowest BCUT2D eigenvalue weighted by atomic mass is 10.0. The molecule has 0 aliphatic heterocycles. The van der Waals surface area contributed by atoms with Crippen LogP contribution in [0.2, 0.25) is 0 Å². The Kier molecular flexibility index (Phi) is 5.17.